The lowest BCUT2D eigenvalue weighted by Crippen LogP contribution is -2.14. The Hall–Kier alpha value is -3.34. The number of carboxylic acids is 2. The smallest absolute Gasteiger partial charge is 0.328 e. The highest BCUT2D eigenvalue weighted by Crippen LogP contribution is 2.29. The fraction of sp³-hybridized carbons (Fsp3) is 0.188. The zero-order valence-corrected chi connectivity index (χ0v) is 15.1. The van der Waals surface area contributed by atoms with Crippen LogP contribution in [0.5, 0.6) is 5.75 Å². The Morgan fingerprint density at radius 1 is 1.22 bits per heavy atom. The molecule has 146 valence electrons. The van der Waals surface area contributed by atoms with E-state index in [1.54, 1.807) is 24.7 Å². The van der Waals surface area contributed by atoms with Gasteiger partial charge < -0.3 is 20.3 Å². The number of aromatic amines is 1. The van der Waals surface area contributed by atoms with Crippen LogP contribution in [0.4, 0.5) is 5.69 Å². The summed E-state index contributed by atoms with van der Waals surface area (Å²) in [6.07, 6.45) is 4.82. The van der Waals surface area contributed by atoms with Crippen molar-refractivity contribution in [1.82, 2.24) is 9.97 Å². The summed E-state index contributed by atoms with van der Waals surface area (Å²) in [5.74, 6) is -2.63. The first-order valence-corrected chi connectivity index (χ1v) is 9.22. The number of imidazole rings is 1. The van der Waals surface area contributed by atoms with Gasteiger partial charge in [0.2, 0.25) is 10.0 Å². The van der Waals surface area contributed by atoms with Crippen molar-refractivity contribution in [3.05, 3.63) is 54.1 Å². The second-order valence-electron chi connectivity index (χ2n) is 5.07. The number of hydrogen-bond donors (Lipinski definition) is 5. The maximum Gasteiger partial charge on any atom is 0.328 e. The molecule has 1 aromatic heterocycles. The summed E-state index contributed by atoms with van der Waals surface area (Å²) in [6, 6.07) is 4.94. The Bertz CT molecular complexity index is 890. The average Bonchev–Trinajstić information content (AvgIpc) is 3.10. The van der Waals surface area contributed by atoms with E-state index in [2.05, 4.69) is 14.7 Å². The minimum absolute atomic E-state index is 0.0456. The van der Waals surface area contributed by atoms with E-state index in [0.717, 1.165) is 5.69 Å². The number of nitrogens with zero attached hydrogens (tertiary/aromatic N) is 1. The fourth-order valence-corrected chi connectivity index (χ4v) is 2.43. The molecular weight excluding hydrogens is 378 g/mol. The van der Waals surface area contributed by atoms with Crippen LogP contribution in [0.15, 0.2) is 42.9 Å². The van der Waals surface area contributed by atoms with Crippen LogP contribution < -0.4 is 4.72 Å². The molecule has 5 N–H and O–H groups in total. The molecule has 0 amide bonds. The molecule has 2 aromatic rings. The second kappa shape index (κ2) is 9.97. The highest BCUT2D eigenvalue weighted by Gasteiger charge is 2.13. The Labute approximate surface area is 155 Å². The number of phenols is 1. The molecule has 1 heterocycles. The van der Waals surface area contributed by atoms with Gasteiger partial charge in [0.05, 0.1) is 23.5 Å². The van der Waals surface area contributed by atoms with Crippen molar-refractivity contribution in [3.8, 4) is 5.75 Å². The van der Waals surface area contributed by atoms with Gasteiger partial charge in [-0.25, -0.2) is 23.0 Å². The molecule has 0 aliphatic carbocycles. The molecule has 1 aromatic carbocycles. The van der Waals surface area contributed by atoms with Crippen LogP contribution in [0.2, 0.25) is 0 Å². The third kappa shape index (κ3) is 8.05. The first-order valence-electron chi connectivity index (χ1n) is 7.57. The number of carbonyl (C=O) groups is 2. The van der Waals surface area contributed by atoms with Gasteiger partial charge in [-0.2, -0.15) is 0 Å². The number of hydrogen-bond acceptors (Lipinski definition) is 6. The van der Waals surface area contributed by atoms with E-state index < -0.39 is 22.0 Å². The molecule has 0 radical (unpaired) electrons. The molecule has 27 heavy (non-hydrogen) atoms. The lowest BCUT2D eigenvalue weighted by Gasteiger charge is -2.11. The Balaban J connectivity index is 0.000000387. The fourth-order valence-electron chi connectivity index (χ4n) is 1.78. The van der Waals surface area contributed by atoms with E-state index in [9.17, 15) is 23.1 Å². The van der Waals surface area contributed by atoms with Crippen LogP contribution >= 0.6 is 0 Å². The van der Waals surface area contributed by atoms with Gasteiger partial charge in [0.15, 0.2) is 0 Å². The lowest BCUT2D eigenvalue weighted by atomic mass is 10.1. The largest absolute Gasteiger partial charge is 0.505 e. The van der Waals surface area contributed by atoms with Gasteiger partial charge in [0.1, 0.15) is 5.75 Å². The molecule has 0 saturated heterocycles. The number of nitrogens with one attached hydrogen (secondary N) is 2. The summed E-state index contributed by atoms with van der Waals surface area (Å²) in [5.41, 5.74) is 1.57. The first kappa shape index (κ1) is 21.7. The molecule has 10 nitrogen and oxygen atoms in total. The number of carboxylic acid groups (broad SMARTS) is 2. The summed E-state index contributed by atoms with van der Waals surface area (Å²) in [4.78, 5) is 26.0. The van der Waals surface area contributed by atoms with Crippen LogP contribution in [0.1, 0.15) is 18.2 Å². The number of aliphatic carboxylic acids is 2. The molecule has 0 spiro atoms. The Morgan fingerprint density at radius 3 is 2.33 bits per heavy atom. The van der Waals surface area contributed by atoms with E-state index in [-0.39, 0.29) is 17.2 Å². The maximum absolute atomic E-state index is 11.5. The van der Waals surface area contributed by atoms with E-state index in [1.807, 2.05) is 0 Å². The summed E-state index contributed by atoms with van der Waals surface area (Å²) in [6.45, 7) is 1.53. The highest BCUT2D eigenvalue weighted by molar-refractivity contribution is 7.92. The first-order chi connectivity index (χ1) is 12.6. The second-order valence-corrected chi connectivity index (χ2v) is 7.08. The van der Waals surface area contributed by atoms with Crippen LogP contribution in [0, 0.1) is 0 Å². The molecular formula is C16H19N3O7S. The Morgan fingerprint density at radius 2 is 1.85 bits per heavy atom. The number of para-hydroxylation sites is 1. The summed E-state index contributed by atoms with van der Waals surface area (Å²) >= 11 is 0. The highest BCUT2D eigenvalue weighted by atomic mass is 32.2. The van der Waals surface area contributed by atoms with Crippen molar-refractivity contribution in [2.45, 2.75) is 13.3 Å². The minimum atomic E-state index is -3.41. The SMILES string of the molecule is CCS(=O)(=O)Nc1cccc(Cc2c[nH]cn2)c1O.O=C(O)/C=C\C(=O)O. The number of aromatic hydroxyl groups is 1. The van der Waals surface area contributed by atoms with Crippen LogP contribution in [-0.4, -0.2) is 51.4 Å². The monoisotopic (exact) mass is 397 g/mol. The van der Waals surface area contributed by atoms with Gasteiger partial charge in [0, 0.05) is 30.3 Å². The number of H-pyrrole nitrogens is 1. The number of phenolic OH excluding ortho intramolecular Hbond substituents is 1. The Kier molecular flexibility index (Phi) is 8.01. The molecule has 0 unspecified atom stereocenters. The standard InChI is InChI=1S/C12H15N3O3S.C4H4O4/c1-2-19(17,18)15-11-5-3-4-9(12(11)16)6-10-7-13-8-14-10;5-3(6)1-2-4(7)8/h3-5,7-8,15-16H,2,6H2,1H3,(H,13,14);1-2H,(H,5,6)(H,7,8)/b;2-1-. The minimum Gasteiger partial charge on any atom is -0.505 e. The predicted octanol–water partition coefficient (Wildman–Crippen LogP) is 1.18. The summed E-state index contributed by atoms with van der Waals surface area (Å²) < 4.78 is 25.4. The molecule has 0 atom stereocenters. The normalized spacial score (nSPS) is 10.9. The van der Waals surface area contributed by atoms with Gasteiger partial charge in [-0.05, 0) is 13.0 Å². The van der Waals surface area contributed by atoms with E-state index >= 15 is 0 Å². The van der Waals surface area contributed by atoms with Crippen molar-refractivity contribution in [3.63, 3.8) is 0 Å². The molecule has 0 fully saturated rings. The molecule has 0 aliphatic rings. The topological polar surface area (TPSA) is 170 Å². The number of benzene rings is 1. The van der Waals surface area contributed by atoms with Gasteiger partial charge >= 0.3 is 11.9 Å². The van der Waals surface area contributed by atoms with Gasteiger partial charge in [0.25, 0.3) is 0 Å². The summed E-state index contributed by atoms with van der Waals surface area (Å²) in [7, 11) is -3.41. The molecule has 0 aliphatic heterocycles. The lowest BCUT2D eigenvalue weighted by molar-refractivity contribution is -0.134. The summed E-state index contributed by atoms with van der Waals surface area (Å²) in [5, 5.41) is 25.7. The van der Waals surface area contributed by atoms with Gasteiger partial charge in [-0.3, -0.25) is 4.72 Å². The molecule has 0 saturated carbocycles. The maximum atomic E-state index is 11.5. The molecule has 0 bridgehead atoms. The van der Waals surface area contributed by atoms with E-state index in [4.69, 9.17) is 10.2 Å². The molecule has 11 heteroatoms. The van der Waals surface area contributed by atoms with Gasteiger partial charge in [-0.15, -0.1) is 0 Å². The van der Waals surface area contributed by atoms with Crippen LogP contribution in [0.3, 0.4) is 0 Å². The zero-order valence-electron chi connectivity index (χ0n) is 14.3. The van der Waals surface area contributed by atoms with Crippen molar-refractivity contribution >= 4 is 27.6 Å². The zero-order chi connectivity index (χ0) is 20.4. The third-order valence-electron chi connectivity index (χ3n) is 3.06. The molecule has 2 rings (SSSR count). The van der Waals surface area contributed by atoms with Gasteiger partial charge in [-0.1, -0.05) is 12.1 Å². The van der Waals surface area contributed by atoms with Crippen molar-refractivity contribution in [2.24, 2.45) is 0 Å². The predicted molar refractivity (Wildman–Crippen MR) is 97.0 cm³/mol. The average molecular weight is 397 g/mol. The van der Waals surface area contributed by atoms with Crippen LogP contribution in [0.25, 0.3) is 0 Å². The number of anilines is 1. The van der Waals surface area contributed by atoms with Crippen molar-refractivity contribution in [2.75, 3.05) is 10.5 Å². The number of aromatic nitrogens is 2. The quantitative estimate of drug-likeness (QED) is 0.342. The number of sulfonamides is 1. The third-order valence-corrected chi connectivity index (χ3v) is 4.35. The van der Waals surface area contributed by atoms with Crippen molar-refractivity contribution in [1.29, 1.82) is 0 Å². The van der Waals surface area contributed by atoms with Crippen LogP contribution in [-0.2, 0) is 26.0 Å². The van der Waals surface area contributed by atoms with E-state index in [0.29, 0.717) is 24.1 Å². The van der Waals surface area contributed by atoms with Crippen molar-refractivity contribution < 1.29 is 33.3 Å². The number of rotatable bonds is 7. The van der Waals surface area contributed by atoms with E-state index in [1.165, 1.54) is 13.0 Å².